The number of fused-ring (bicyclic) bond motifs is 1. The standard InChI is InChI=1S/C16H9N3/c17-10-13-6-2-4-8-16(13)19-14(11-18)9-12-5-1-3-7-15(12)19/h1-9H. The number of hydrogen-bond donors (Lipinski definition) is 0. The third kappa shape index (κ3) is 1.66. The average Bonchev–Trinajstić information content (AvgIpc) is 2.85. The Morgan fingerprint density at radius 2 is 1.58 bits per heavy atom. The molecule has 0 aliphatic rings. The van der Waals surface area contributed by atoms with Crippen LogP contribution in [-0.2, 0) is 0 Å². The molecule has 3 heteroatoms. The van der Waals surface area contributed by atoms with E-state index in [1.54, 1.807) is 6.07 Å². The van der Waals surface area contributed by atoms with E-state index in [4.69, 9.17) is 0 Å². The zero-order valence-electron chi connectivity index (χ0n) is 10.0. The number of nitriles is 2. The van der Waals surface area contributed by atoms with Crippen LogP contribution in [0.4, 0.5) is 0 Å². The molecule has 0 saturated carbocycles. The molecule has 2 aromatic carbocycles. The van der Waals surface area contributed by atoms with Gasteiger partial charge in [-0.1, -0.05) is 30.3 Å². The Kier molecular flexibility index (Phi) is 2.52. The van der Waals surface area contributed by atoms with Crippen molar-refractivity contribution >= 4 is 10.9 Å². The van der Waals surface area contributed by atoms with E-state index in [9.17, 15) is 10.5 Å². The molecule has 0 N–H and O–H groups in total. The van der Waals surface area contributed by atoms with Gasteiger partial charge in [-0.15, -0.1) is 0 Å². The lowest BCUT2D eigenvalue weighted by molar-refractivity contribution is 1.09. The van der Waals surface area contributed by atoms with Crippen LogP contribution in [0.1, 0.15) is 11.3 Å². The molecule has 3 nitrogen and oxygen atoms in total. The number of rotatable bonds is 1. The summed E-state index contributed by atoms with van der Waals surface area (Å²) in [5.41, 5.74) is 2.76. The van der Waals surface area contributed by atoms with E-state index >= 15 is 0 Å². The zero-order valence-corrected chi connectivity index (χ0v) is 10.0. The average molecular weight is 243 g/mol. The lowest BCUT2D eigenvalue weighted by Crippen LogP contribution is -1.99. The van der Waals surface area contributed by atoms with E-state index in [-0.39, 0.29) is 0 Å². The van der Waals surface area contributed by atoms with Crippen molar-refractivity contribution in [2.24, 2.45) is 0 Å². The molecule has 1 heterocycles. The summed E-state index contributed by atoms with van der Waals surface area (Å²) in [5, 5.41) is 19.5. The van der Waals surface area contributed by atoms with Gasteiger partial charge in [0.05, 0.1) is 16.8 Å². The highest BCUT2D eigenvalue weighted by molar-refractivity contribution is 5.84. The first-order valence-corrected chi connectivity index (χ1v) is 5.85. The molecule has 0 aliphatic carbocycles. The molecule has 3 rings (SSSR count). The third-order valence-corrected chi connectivity index (χ3v) is 3.09. The summed E-state index contributed by atoms with van der Waals surface area (Å²) in [4.78, 5) is 0. The molecule has 0 fully saturated rings. The number of hydrogen-bond acceptors (Lipinski definition) is 2. The lowest BCUT2D eigenvalue weighted by Gasteiger charge is -2.08. The van der Waals surface area contributed by atoms with Crippen molar-refractivity contribution in [3.8, 4) is 17.8 Å². The van der Waals surface area contributed by atoms with Crippen LogP contribution in [0.25, 0.3) is 16.6 Å². The van der Waals surface area contributed by atoms with E-state index in [1.807, 2.05) is 53.1 Å². The first-order valence-electron chi connectivity index (χ1n) is 5.85. The molecule has 0 amide bonds. The van der Waals surface area contributed by atoms with Crippen LogP contribution >= 0.6 is 0 Å². The first kappa shape index (κ1) is 11.1. The molecule has 0 saturated heterocycles. The monoisotopic (exact) mass is 243 g/mol. The van der Waals surface area contributed by atoms with Crippen molar-refractivity contribution in [3.05, 3.63) is 65.9 Å². The normalized spacial score (nSPS) is 10.0. The fraction of sp³-hybridized carbons (Fsp3) is 0. The quantitative estimate of drug-likeness (QED) is 0.658. The predicted molar refractivity (Wildman–Crippen MR) is 72.7 cm³/mol. The van der Waals surface area contributed by atoms with Crippen LogP contribution in [0.2, 0.25) is 0 Å². The minimum atomic E-state index is 0.531. The summed E-state index contributed by atoms with van der Waals surface area (Å²) in [5.74, 6) is 0. The van der Waals surface area contributed by atoms with Crippen LogP contribution in [0.15, 0.2) is 54.6 Å². The van der Waals surface area contributed by atoms with Gasteiger partial charge in [0.15, 0.2) is 0 Å². The molecule has 0 bridgehead atoms. The molecule has 1 aromatic heterocycles. The van der Waals surface area contributed by atoms with Crippen LogP contribution in [0.3, 0.4) is 0 Å². The molecule has 0 radical (unpaired) electrons. The highest BCUT2D eigenvalue weighted by Crippen LogP contribution is 2.25. The van der Waals surface area contributed by atoms with E-state index < -0.39 is 0 Å². The second-order valence-corrected chi connectivity index (χ2v) is 4.16. The molecule has 88 valence electrons. The van der Waals surface area contributed by atoms with Crippen molar-refractivity contribution in [1.29, 1.82) is 10.5 Å². The number of para-hydroxylation sites is 2. The van der Waals surface area contributed by atoms with Crippen molar-refractivity contribution < 1.29 is 0 Å². The van der Waals surface area contributed by atoms with Gasteiger partial charge >= 0.3 is 0 Å². The summed E-state index contributed by atoms with van der Waals surface area (Å²) in [6, 6.07) is 21.3. The van der Waals surface area contributed by atoms with Crippen LogP contribution in [0.5, 0.6) is 0 Å². The van der Waals surface area contributed by atoms with Crippen LogP contribution in [-0.4, -0.2) is 4.57 Å². The van der Waals surface area contributed by atoms with Gasteiger partial charge < -0.3 is 0 Å². The van der Waals surface area contributed by atoms with Crippen LogP contribution < -0.4 is 0 Å². The van der Waals surface area contributed by atoms with Gasteiger partial charge in [-0.2, -0.15) is 10.5 Å². The second kappa shape index (κ2) is 4.33. The Labute approximate surface area is 110 Å². The third-order valence-electron chi connectivity index (χ3n) is 3.09. The number of benzene rings is 2. The van der Waals surface area contributed by atoms with Gasteiger partial charge in [0, 0.05) is 5.39 Å². The predicted octanol–water partition coefficient (Wildman–Crippen LogP) is 3.37. The summed E-state index contributed by atoms with van der Waals surface area (Å²) in [6.07, 6.45) is 0. The molecule has 19 heavy (non-hydrogen) atoms. The smallest absolute Gasteiger partial charge is 0.125 e. The minimum absolute atomic E-state index is 0.531. The van der Waals surface area contributed by atoms with Crippen molar-refractivity contribution in [3.63, 3.8) is 0 Å². The van der Waals surface area contributed by atoms with E-state index in [1.165, 1.54) is 0 Å². The highest BCUT2D eigenvalue weighted by Gasteiger charge is 2.12. The summed E-state index contributed by atoms with van der Waals surface area (Å²) in [6.45, 7) is 0. The Hall–Kier alpha value is -3.04. The van der Waals surface area contributed by atoms with E-state index in [0.29, 0.717) is 11.3 Å². The molecule has 0 atom stereocenters. The van der Waals surface area contributed by atoms with Gasteiger partial charge in [-0.25, -0.2) is 0 Å². The topological polar surface area (TPSA) is 52.5 Å². The van der Waals surface area contributed by atoms with Crippen molar-refractivity contribution in [1.82, 2.24) is 4.57 Å². The largest absolute Gasteiger partial charge is 0.300 e. The van der Waals surface area contributed by atoms with Gasteiger partial charge in [0.2, 0.25) is 0 Å². The van der Waals surface area contributed by atoms with Gasteiger partial charge in [0.1, 0.15) is 17.8 Å². The Morgan fingerprint density at radius 1 is 0.842 bits per heavy atom. The summed E-state index contributed by atoms with van der Waals surface area (Å²) >= 11 is 0. The first-order chi connectivity index (χ1) is 9.35. The fourth-order valence-electron chi connectivity index (χ4n) is 2.26. The molecule has 0 aliphatic heterocycles. The van der Waals surface area contributed by atoms with E-state index in [2.05, 4.69) is 12.1 Å². The lowest BCUT2D eigenvalue weighted by atomic mass is 10.2. The molecular formula is C16H9N3. The maximum Gasteiger partial charge on any atom is 0.125 e. The van der Waals surface area contributed by atoms with Crippen molar-refractivity contribution in [2.45, 2.75) is 0 Å². The maximum absolute atomic E-state index is 9.29. The summed E-state index contributed by atoms with van der Waals surface area (Å²) in [7, 11) is 0. The number of nitrogens with zero attached hydrogens (tertiary/aromatic N) is 3. The van der Waals surface area contributed by atoms with Gasteiger partial charge in [0.25, 0.3) is 0 Å². The molecular weight excluding hydrogens is 234 g/mol. The Bertz CT molecular complexity index is 844. The van der Waals surface area contributed by atoms with Crippen LogP contribution in [0, 0.1) is 22.7 Å². The highest BCUT2D eigenvalue weighted by atomic mass is 15.0. The molecule has 3 aromatic rings. The molecule has 0 spiro atoms. The minimum Gasteiger partial charge on any atom is -0.300 e. The number of aromatic nitrogens is 1. The Morgan fingerprint density at radius 3 is 2.37 bits per heavy atom. The fourth-order valence-corrected chi connectivity index (χ4v) is 2.26. The van der Waals surface area contributed by atoms with E-state index in [0.717, 1.165) is 16.6 Å². The van der Waals surface area contributed by atoms with Gasteiger partial charge in [-0.3, -0.25) is 4.57 Å². The van der Waals surface area contributed by atoms with Gasteiger partial charge in [-0.05, 0) is 24.3 Å². The zero-order chi connectivity index (χ0) is 13.2. The molecule has 0 unspecified atom stereocenters. The maximum atomic E-state index is 9.29. The summed E-state index contributed by atoms with van der Waals surface area (Å²) < 4.78 is 1.83. The van der Waals surface area contributed by atoms with Crippen molar-refractivity contribution in [2.75, 3.05) is 0 Å². The Balaban J connectivity index is 2.43. The second-order valence-electron chi connectivity index (χ2n) is 4.16. The SMILES string of the molecule is N#Cc1ccccc1-n1c(C#N)cc2ccccc21.